The second-order valence-electron chi connectivity index (χ2n) is 7.03. The molecule has 146 valence electrons. The molecule has 0 saturated heterocycles. The predicted octanol–water partition coefficient (Wildman–Crippen LogP) is 2.96. The van der Waals surface area contributed by atoms with Crippen molar-refractivity contribution >= 4 is 27.3 Å². The number of halogens is 2. The Morgan fingerprint density at radius 2 is 1.92 bits per heavy atom. The minimum atomic E-state index is -3.75. The highest BCUT2D eigenvalue weighted by Gasteiger charge is 2.38. The van der Waals surface area contributed by atoms with Crippen molar-refractivity contribution in [3.8, 4) is 0 Å². The summed E-state index contributed by atoms with van der Waals surface area (Å²) < 4.78 is 53.7. The van der Waals surface area contributed by atoms with Gasteiger partial charge in [-0.05, 0) is 32.3 Å². The highest BCUT2D eigenvalue weighted by Crippen LogP contribution is 2.33. The third-order valence-corrected chi connectivity index (χ3v) is 6.10. The molecule has 1 aliphatic rings. The first-order valence-electron chi connectivity index (χ1n) is 8.65. The Bertz CT molecular complexity index is 782. The van der Waals surface area contributed by atoms with Crippen LogP contribution >= 0.6 is 0 Å². The number of benzene rings is 1. The van der Waals surface area contributed by atoms with E-state index in [4.69, 9.17) is 5.73 Å². The van der Waals surface area contributed by atoms with Crippen molar-refractivity contribution in [2.24, 2.45) is 11.7 Å². The summed E-state index contributed by atoms with van der Waals surface area (Å²) in [4.78, 5) is 12.5. The standard InChI is InChI=1S/C17H25F2N3O3S/c1-3-8-26(24,25)22-15-10-14(12(18)9-13(15)19)21-16(23)11-6-4-5-7-17(11,2)20/h9-11,22H,3-8,20H2,1-2H3,(H,21,23). The van der Waals surface area contributed by atoms with Crippen molar-refractivity contribution in [2.45, 2.75) is 51.5 Å². The summed E-state index contributed by atoms with van der Waals surface area (Å²) in [5.41, 5.74) is 4.78. The molecule has 2 atom stereocenters. The lowest BCUT2D eigenvalue weighted by molar-refractivity contribution is -0.122. The van der Waals surface area contributed by atoms with E-state index in [-0.39, 0.29) is 11.4 Å². The smallest absolute Gasteiger partial charge is 0.232 e. The van der Waals surface area contributed by atoms with Crippen molar-refractivity contribution in [3.63, 3.8) is 0 Å². The van der Waals surface area contributed by atoms with E-state index in [0.717, 1.165) is 18.9 Å². The summed E-state index contributed by atoms with van der Waals surface area (Å²) in [5, 5.41) is 2.43. The number of nitrogens with two attached hydrogens (primary N) is 1. The average molecular weight is 389 g/mol. The van der Waals surface area contributed by atoms with Gasteiger partial charge in [0.1, 0.15) is 11.6 Å². The van der Waals surface area contributed by atoms with Gasteiger partial charge in [-0.15, -0.1) is 0 Å². The topological polar surface area (TPSA) is 101 Å². The Morgan fingerprint density at radius 3 is 2.54 bits per heavy atom. The molecule has 2 unspecified atom stereocenters. The number of hydrogen-bond acceptors (Lipinski definition) is 4. The van der Waals surface area contributed by atoms with Crippen LogP contribution in [0.1, 0.15) is 46.0 Å². The maximum Gasteiger partial charge on any atom is 0.232 e. The summed E-state index contributed by atoms with van der Waals surface area (Å²) >= 11 is 0. The molecular formula is C17H25F2N3O3S. The van der Waals surface area contributed by atoms with Crippen LogP contribution in [0.15, 0.2) is 12.1 Å². The lowest BCUT2D eigenvalue weighted by Crippen LogP contribution is -2.51. The van der Waals surface area contributed by atoms with E-state index >= 15 is 0 Å². The molecule has 6 nitrogen and oxygen atoms in total. The fraction of sp³-hybridized carbons (Fsp3) is 0.588. The molecule has 1 aliphatic carbocycles. The molecule has 4 N–H and O–H groups in total. The Kier molecular flexibility index (Phi) is 6.23. The van der Waals surface area contributed by atoms with Gasteiger partial charge in [0.15, 0.2) is 0 Å². The van der Waals surface area contributed by atoms with Crippen molar-refractivity contribution < 1.29 is 22.0 Å². The molecule has 26 heavy (non-hydrogen) atoms. The van der Waals surface area contributed by atoms with Crippen LogP contribution in [0.3, 0.4) is 0 Å². The van der Waals surface area contributed by atoms with Crippen molar-refractivity contribution in [3.05, 3.63) is 23.8 Å². The molecule has 1 aromatic carbocycles. The van der Waals surface area contributed by atoms with Crippen LogP contribution in [0.5, 0.6) is 0 Å². The van der Waals surface area contributed by atoms with Gasteiger partial charge in [0.05, 0.1) is 23.0 Å². The zero-order valence-electron chi connectivity index (χ0n) is 14.9. The molecule has 0 bridgehead atoms. The van der Waals surface area contributed by atoms with E-state index < -0.39 is 44.7 Å². The first-order chi connectivity index (χ1) is 12.1. The number of nitrogens with one attached hydrogen (secondary N) is 2. The van der Waals surface area contributed by atoms with Gasteiger partial charge in [-0.1, -0.05) is 19.8 Å². The van der Waals surface area contributed by atoms with Crippen LogP contribution in [0.4, 0.5) is 20.2 Å². The van der Waals surface area contributed by atoms with Crippen LogP contribution in [0.2, 0.25) is 0 Å². The van der Waals surface area contributed by atoms with Gasteiger partial charge in [0, 0.05) is 11.6 Å². The van der Waals surface area contributed by atoms with Crippen molar-refractivity contribution in [1.82, 2.24) is 0 Å². The summed E-state index contributed by atoms with van der Waals surface area (Å²) in [6, 6.07) is 1.49. The van der Waals surface area contributed by atoms with Crippen LogP contribution in [0.25, 0.3) is 0 Å². The van der Waals surface area contributed by atoms with Crippen molar-refractivity contribution in [1.29, 1.82) is 0 Å². The Balaban J connectivity index is 2.24. The second kappa shape index (κ2) is 7.87. The van der Waals surface area contributed by atoms with E-state index in [9.17, 15) is 22.0 Å². The molecule has 1 saturated carbocycles. The average Bonchev–Trinajstić information content (AvgIpc) is 2.51. The van der Waals surface area contributed by atoms with Crippen LogP contribution in [-0.4, -0.2) is 25.6 Å². The highest BCUT2D eigenvalue weighted by atomic mass is 32.2. The lowest BCUT2D eigenvalue weighted by Gasteiger charge is -2.37. The van der Waals surface area contributed by atoms with Gasteiger partial charge < -0.3 is 11.1 Å². The molecule has 0 aromatic heterocycles. The monoisotopic (exact) mass is 389 g/mol. The number of rotatable bonds is 6. The quantitative estimate of drug-likeness (QED) is 0.696. The normalized spacial score (nSPS) is 23.5. The molecule has 0 radical (unpaired) electrons. The lowest BCUT2D eigenvalue weighted by atomic mass is 9.74. The molecule has 0 spiro atoms. The maximum absolute atomic E-state index is 14.1. The Morgan fingerprint density at radius 1 is 1.27 bits per heavy atom. The van der Waals surface area contributed by atoms with Crippen LogP contribution < -0.4 is 15.8 Å². The van der Waals surface area contributed by atoms with Gasteiger partial charge in [-0.3, -0.25) is 9.52 Å². The summed E-state index contributed by atoms with van der Waals surface area (Å²) in [7, 11) is -3.75. The molecule has 0 aliphatic heterocycles. The number of carbonyl (C=O) groups is 1. The first-order valence-corrected chi connectivity index (χ1v) is 10.3. The molecule has 9 heteroatoms. The van der Waals surface area contributed by atoms with E-state index in [1.807, 2.05) is 0 Å². The van der Waals surface area contributed by atoms with Crippen molar-refractivity contribution in [2.75, 3.05) is 15.8 Å². The molecular weight excluding hydrogens is 364 g/mol. The van der Waals surface area contributed by atoms with E-state index in [1.54, 1.807) is 13.8 Å². The number of hydrogen-bond donors (Lipinski definition) is 3. The predicted molar refractivity (Wildman–Crippen MR) is 97.2 cm³/mol. The van der Waals surface area contributed by atoms with Gasteiger partial charge in [0.25, 0.3) is 0 Å². The van der Waals surface area contributed by atoms with E-state index in [1.165, 1.54) is 0 Å². The Hall–Kier alpha value is -1.74. The molecule has 0 heterocycles. The highest BCUT2D eigenvalue weighted by molar-refractivity contribution is 7.92. The fourth-order valence-electron chi connectivity index (χ4n) is 3.22. The Labute approximate surface area is 152 Å². The van der Waals surface area contributed by atoms with Crippen LogP contribution in [-0.2, 0) is 14.8 Å². The second-order valence-corrected chi connectivity index (χ2v) is 8.87. The summed E-state index contributed by atoms with van der Waals surface area (Å²) in [6.07, 6.45) is 3.37. The van der Waals surface area contributed by atoms with Crippen LogP contribution in [0, 0.1) is 17.6 Å². The largest absolute Gasteiger partial charge is 0.325 e. The molecule has 1 amide bonds. The third-order valence-electron chi connectivity index (χ3n) is 4.62. The number of carbonyl (C=O) groups excluding carboxylic acids is 1. The molecule has 2 rings (SSSR count). The first kappa shape index (κ1) is 20.6. The van der Waals surface area contributed by atoms with E-state index in [2.05, 4.69) is 10.0 Å². The number of sulfonamides is 1. The summed E-state index contributed by atoms with van der Waals surface area (Å²) in [6.45, 7) is 3.45. The SMILES string of the molecule is CCCS(=O)(=O)Nc1cc(NC(=O)C2CCCCC2(C)N)c(F)cc1F. The number of amides is 1. The maximum atomic E-state index is 14.1. The van der Waals surface area contributed by atoms with Gasteiger partial charge in [-0.2, -0.15) is 0 Å². The zero-order valence-corrected chi connectivity index (χ0v) is 15.8. The molecule has 1 fully saturated rings. The van der Waals surface area contributed by atoms with Gasteiger partial charge >= 0.3 is 0 Å². The third kappa shape index (κ3) is 4.91. The van der Waals surface area contributed by atoms with Gasteiger partial charge in [-0.25, -0.2) is 17.2 Å². The van der Waals surface area contributed by atoms with E-state index in [0.29, 0.717) is 25.3 Å². The van der Waals surface area contributed by atoms with Gasteiger partial charge in [0.2, 0.25) is 15.9 Å². The zero-order chi connectivity index (χ0) is 19.5. The minimum Gasteiger partial charge on any atom is -0.325 e. The molecule has 1 aromatic rings. The fourth-order valence-corrected chi connectivity index (χ4v) is 4.35. The number of anilines is 2. The minimum absolute atomic E-state index is 0.195. The summed E-state index contributed by atoms with van der Waals surface area (Å²) in [5.74, 6) is -3.19.